The lowest BCUT2D eigenvalue weighted by Crippen LogP contribution is -2.21. The highest BCUT2D eigenvalue weighted by Crippen LogP contribution is 2.20. The molecule has 0 saturated carbocycles. The van der Waals surface area contributed by atoms with Crippen molar-refractivity contribution in [2.24, 2.45) is 0 Å². The minimum atomic E-state index is -0.394. The van der Waals surface area contributed by atoms with Crippen LogP contribution in [0.1, 0.15) is 20.3 Å². The van der Waals surface area contributed by atoms with Crippen LogP contribution >= 0.6 is 0 Å². The van der Waals surface area contributed by atoms with E-state index >= 15 is 0 Å². The molecule has 1 aliphatic rings. The number of nitrogens with zero attached hydrogens (tertiary/aromatic N) is 1. The second-order valence-electron chi connectivity index (χ2n) is 3.59. The molecule has 0 aromatic rings. The molecule has 0 N–H and O–H groups in total. The van der Waals surface area contributed by atoms with Crippen molar-refractivity contribution in [2.45, 2.75) is 20.3 Å². The molecule has 1 aliphatic heterocycles. The van der Waals surface area contributed by atoms with E-state index in [4.69, 9.17) is 9.47 Å². The molecule has 5 nitrogen and oxygen atoms in total. The van der Waals surface area contributed by atoms with E-state index in [1.165, 1.54) is 0 Å². The second kappa shape index (κ2) is 6.08. The third kappa shape index (κ3) is 3.62. The number of rotatable bonds is 4. The minimum Gasteiger partial charge on any atom is -0.463 e. The zero-order chi connectivity index (χ0) is 12.8. The molecule has 0 amide bonds. The van der Waals surface area contributed by atoms with Gasteiger partial charge in [0.15, 0.2) is 0 Å². The quantitative estimate of drug-likeness (QED) is 0.690. The van der Waals surface area contributed by atoms with Gasteiger partial charge in [-0.2, -0.15) is 0 Å². The molecule has 1 rings (SSSR count). The predicted octanol–water partition coefficient (Wildman–Crippen LogP) is 1.22. The molecule has 0 unspecified atom stereocenters. The lowest BCUT2D eigenvalue weighted by molar-refractivity contribution is -0.139. The average molecular weight is 239 g/mol. The van der Waals surface area contributed by atoms with Crippen LogP contribution in [0.4, 0.5) is 0 Å². The van der Waals surface area contributed by atoms with Crippen molar-refractivity contribution in [1.82, 2.24) is 4.90 Å². The highest BCUT2D eigenvalue weighted by Gasteiger charge is 2.22. The van der Waals surface area contributed by atoms with E-state index < -0.39 is 11.9 Å². The standard InChI is InChI=1S/C12H17NO4/c1-4-16-11(14)9-6-10(8-13(3)7-9)12(15)17-5-2/h7-8H,4-6H2,1-3H3. The lowest BCUT2D eigenvalue weighted by Gasteiger charge is -2.19. The Hall–Kier alpha value is -1.78. The van der Waals surface area contributed by atoms with Gasteiger partial charge in [-0.1, -0.05) is 0 Å². The summed E-state index contributed by atoms with van der Waals surface area (Å²) in [5.74, 6) is -0.788. The van der Waals surface area contributed by atoms with Crippen LogP contribution in [0, 0.1) is 0 Å². The van der Waals surface area contributed by atoms with Crippen molar-refractivity contribution >= 4 is 11.9 Å². The third-order valence-electron chi connectivity index (χ3n) is 2.18. The first kappa shape index (κ1) is 13.3. The van der Waals surface area contributed by atoms with Gasteiger partial charge in [0.2, 0.25) is 0 Å². The maximum Gasteiger partial charge on any atom is 0.335 e. The van der Waals surface area contributed by atoms with Gasteiger partial charge in [0.1, 0.15) is 0 Å². The van der Waals surface area contributed by atoms with Gasteiger partial charge in [-0.15, -0.1) is 0 Å². The summed E-state index contributed by atoms with van der Waals surface area (Å²) in [5, 5.41) is 0. The van der Waals surface area contributed by atoms with Crippen LogP contribution in [-0.2, 0) is 19.1 Å². The molecule has 1 heterocycles. The second-order valence-corrected chi connectivity index (χ2v) is 3.59. The van der Waals surface area contributed by atoms with E-state index in [9.17, 15) is 9.59 Å². The molecular weight excluding hydrogens is 222 g/mol. The van der Waals surface area contributed by atoms with Crippen molar-refractivity contribution in [3.8, 4) is 0 Å². The normalized spacial score (nSPS) is 14.9. The summed E-state index contributed by atoms with van der Waals surface area (Å²) in [4.78, 5) is 24.8. The van der Waals surface area contributed by atoms with Crippen molar-refractivity contribution in [3.63, 3.8) is 0 Å². The average Bonchev–Trinajstić information content (AvgIpc) is 2.29. The van der Waals surface area contributed by atoms with Crippen molar-refractivity contribution in [2.75, 3.05) is 20.3 Å². The van der Waals surface area contributed by atoms with Gasteiger partial charge in [0, 0.05) is 25.9 Å². The minimum absolute atomic E-state index is 0.252. The summed E-state index contributed by atoms with van der Waals surface area (Å²) < 4.78 is 9.81. The van der Waals surface area contributed by atoms with E-state index in [1.54, 1.807) is 38.2 Å². The van der Waals surface area contributed by atoms with Crippen molar-refractivity contribution in [1.29, 1.82) is 0 Å². The molecule has 0 atom stereocenters. The molecule has 0 saturated heterocycles. The number of esters is 2. The summed E-state index contributed by atoms with van der Waals surface area (Å²) in [6.07, 6.45) is 3.56. The summed E-state index contributed by atoms with van der Waals surface area (Å²) in [5.41, 5.74) is 0.916. The van der Waals surface area contributed by atoms with Gasteiger partial charge >= 0.3 is 11.9 Å². The first-order valence-electron chi connectivity index (χ1n) is 5.56. The summed E-state index contributed by atoms with van der Waals surface area (Å²) >= 11 is 0. The first-order valence-corrected chi connectivity index (χ1v) is 5.56. The smallest absolute Gasteiger partial charge is 0.335 e. The predicted molar refractivity (Wildman–Crippen MR) is 61.8 cm³/mol. The Morgan fingerprint density at radius 2 is 1.53 bits per heavy atom. The Labute approximate surface area is 101 Å². The van der Waals surface area contributed by atoms with Crippen LogP contribution < -0.4 is 0 Å². The van der Waals surface area contributed by atoms with Gasteiger partial charge in [0.25, 0.3) is 0 Å². The fraction of sp³-hybridized carbons (Fsp3) is 0.500. The fourth-order valence-electron chi connectivity index (χ4n) is 1.52. The van der Waals surface area contributed by atoms with Crippen LogP contribution in [0.3, 0.4) is 0 Å². The molecule has 94 valence electrons. The number of carbonyl (C=O) groups excluding carboxylic acids is 2. The van der Waals surface area contributed by atoms with E-state index in [2.05, 4.69) is 0 Å². The van der Waals surface area contributed by atoms with Crippen LogP contribution in [0.2, 0.25) is 0 Å². The Morgan fingerprint density at radius 3 is 1.88 bits per heavy atom. The molecule has 0 aromatic heterocycles. The van der Waals surface area contributed by atoms with Crippen LogP contribution in [0.5, 0.6) is 0 Å². The molecule has 0 aliphatic carbocycles. The van der Waals surface area contributed by atoms with E-state index in [1.807, 2.05) is 0 Å². The Morgan fingerprint density at radius 1 is 1.12 bits per heavy atom. The molecule has 0 fully saturated rings. The monoisotopic (exact) mass is 239 g/mol. The largest absolute Gasteiger partial charge is 0.463 e. The first-order chi connectivity index (χ1) is 8.08. The van der Waals surface area contributed by atoms with Crippen molar-refractivity contribution < 1.29 is 19.1 Å². The van der Waals surface area contributed by atoms with Crippen LogP contribution in [0.15, 0.2) is 23.5 Å². The summed E-state index contributed by atoms with van der Waals surface area (Å²) in [7, 11) is 1.75. The third-order valence-corrected chi connectivity index (χ3v) is 2.18. The van der Waals surface area contributed by atoms with Crippen LogP contribution in [0.25, 0.3) is 0 Å². The Bertz CT molecular complexity index is 337. The zero-order valence-electron chi connectivity index (χ0n) is 10.4. The Balaban J connectivity index is 2.74. The zero-order valence-corrected chi connectivity index (χ0v) is 10.4. The molecule has 0 bridgehead atoms. The Kier molecular flexibility index (Phi) is 4.75. The topological polar surface area (TPSA) is 55.8 Å². The summed E-state index contributed by atoms with van der Waals surface area (Å²) in [6, 6.07) is 0. The van der Waals surface area contributed by atoms with E-state index in [-0.39, 0.29) is 6.42 Å². The van der Waals surface area contributed by atoms with Crippen molar-refractivity contribution in [3.05, 3.63) is 23.5 Å². The summed E-state index contributed by atoms with van der Waals surface area (Å²) in [6.45, 7) is 4.12. The van der Waals surface area contributed by atoms with E-state index in [0.717, 1.165) is 0 Å². The number of hydrogen-bond acceptors (Lipinski definition) is 5. The van der Waals surface area contributed by atoms with Gasteiger partial charge in [-0.25, -0.2) is 9.59 Å². The number of ether oxygens (including phenoxy) is 2. The van der Waals surface area contributed by atoms with Gasteiger partial charge in [0.05, 0.1) is 24.4 Å². The molecule has 17 heavy (non-hydrogen) atoms. The van der Waals surface area contributed by atoms with E-state index in [0.29, 0.717) is 24.4 Å². The molecule has 0 aromatic carbocycles. The molecular formula is C12H17NO4. The maximum atomic E-state index is 11.6. The lowest BCUT2D eigenvalue weighted by atomic mass is 10.0. The molecule has 5 heteroatoms. The maximum absolute atomic E-state index is 11.6. The number of hydrogen-bond donors (Lipinski definition) is 0. The SMILES string of the molecule is CCOC(=O)C1=CN(C)C=C(C(=O)OCC)C1. The highest BCUT2D eigenvalue weighted by atomic mass is 16.5. The van der Waals surface area contributed by atoms with Gasteiger partial charge in [-0.3, -0.25) is 0 Å². The van der Waals surface area contributed by atoms with Crippen LogP contribution in [-0.4, -0.2) is 37.1 Å². The van der Waals surface area contributed by atoms with Gasteiger partial charge in [-0.05, 0) is 13.8 Å². The fourth-order valence-corrected chi connectivity index (χ4v) is 1.52. The number of carbonyl (C=O) groups is 2. The molecule has 0 radical (unpaired) electrons. The van der Waals surface area contributed by atoms with Gasteiger partial charge < -0.3 is 14.4 Å². The highest BCUT2D eigenvalue weighted by molar-refractivity contribution is 5.95. The molecule has 0 spiro atoms.